The van der Waals surface area contributed by atoms with Gasteiger partial charge in [-0.15, -0.1) is 28.1 Å². The number of nitrogens with one attached hydrogen (secondary N) is 1. The highest BCUT2D eigenvalue weighted by Crippen LogP contribution is 2.28. The van der Waals surface area contributed by atoms with Gasteiger partial charge in [-0.2, -0.15) is 0 Å². The minimum Gasteiger partial charge on any atom is -0.325 e. The highest BCUT2D eigenvalue weighted by atomic mass is 35.5. The number of rotatable bonds is 9. The minimum atomic E-state index is -0.109. The van der Waals surface area contributed by atoms with Crippen LogP contribution in [0, 0.1) is 0 Å². The molecule has 28 heavy (non-hydrogen) atoms. The second kappa shape index (κ2) is 9.91. The number of aryl methyl sites for hydroxylation is 1. The third-order valence-corrected chi connectivity index (χ3v) is 6.11. The van der Waals surface area contributed by atoms with Gasteiger partial charge in [0.25, 0.3) is 0 Å². The Kier molecular flexibility index (Phi) is 7.30. The summed E-state index contributed by atoms with van der Waals surface area (Å²) < 4.78 is 1.99. The number of allylic oxidation sites excluding steroid dienone is 1. The van der Waals surface area contributed by atoms with Crippen LogP contribution in [-0.2, 0) is 17.8 Å². The molecule has 0 radical (unpaired) electrons. The van der Waals surface area contributed by atoms with E-state index in [0.717, 1.165) is 24.2 Å². The lowest BCUT2D eigenvalue weighted by molar-refractivity contribution is -0.113. The summed E-state index contributed by atoms with van der Waals surface area (Å²) in [5, 5.41) is 14.9. The van der Waals surface area contributed by atoms with Gasteiger partial charge in [-0.25, -0.2) is 0 Å². The van der Waals surface area contributed by atoms with Crippen LogP contribution >= 0.6 is 34.7 Å². The summed E-state index contributed by atoms with van der Waals surface area (Å²) in [6, 6.07) is 9.19. The predicted octanol–water partition coefficient (Wildman–Crippen LogP) is 5.53. The molecule has 0 spiro atoms. The maximum Gasteiger partial charge on any atom is 0.234 e. The van der Waals surface area contributed by atoms with E-state index in [4.69, 9.17) is 11.6 Å². The van der Waals surface area contributed by atoms with Crippen molar-refractivity contribution in [1.82, 2.24) is 14.8 Å². The van der Waals surface area contributed by atoms with Crippen LogP contribution in [-0.4, -0.2) is 26.4 Å². The Morgan fingerprint density at radius 2 is 2.14 bits per heavy atom. The number of aromatic nitrogens is 3. The molecule has 3 rings (SSSR count). The molecule has 0 unspecified atom stereocenters. The van der Waals surface area contributed by atoms with Crippen molar-refractivity contribution in [3.05, 3.63) is 58.3 Å². The lowest BCUT2D eigenvalue weighted by Crippen LogP contribution is -2.14. The monoisotopic (exact) mass is 432 g/mol. The molecular formula is C20H21ClN4OS2. The third kappa shape index (κ3) is 5.25. The smallest absolute Gasteiger partial charge is 0.234 e. The fourth-order valence-corrected chi connectivity index (χ4v) is 4.48. The molecule has 2 aromatic heterocycles. The Labute approximate surface area is 177 Å². The van der Waals surface area contributed by atoms with Gasteiger partial charge in [-0.3, -0.25) is 9.36 Å². The largest absolute Gasteiger partial charge is 0.325 e. The number of carbonyl (C=O) groups excluding carboxylic acids is 1. The number of hydrogen-bond donors (Lipinski definition) is 1. The molecule has 3 aromatic rings. The minimum absolute atomic E-state index is 0.109. The standard InChI is InChI=1S/C20H21ClN4OS2/c1-3-5-17-11-14(12-27-17)19-23-24-20(25(19)10-4-2)28-13-18(26)22-16-8-6-15(21)7-9-16/h4,6-9,11-12H,2-3,5,10,13H2,1H3,(H,22,26). The first-order valence-corrected chi connectivity index (χ1v) is 11.1. The Morgan fingerprint density at radius 1 is 1.36 bits per heavy atom. The van der Waals surface area contributed by atoms with Crippen molar-refractivity contribution in [3.63, 3.8) is 0 Å². The molecule has 0 aliphatic rings. The Hall–Kier alpha value is -2.09. The molecule has 0 saturated carbocycles. The van der Waals surface area contributed by atoms with E-state index in [1.807, 2.05) is 10.6 Å². The van der Waals surface area contributed by atoms with E-state index < -0.39 is 0 Å². The topological polar surface area (TPSA) is 59.8 Å². The molecule has 1 amide bonds. The van der Waals surface area contributed by atoms with Crippen molar-refractivity contribution < 1.29 is 4.79 Å². The van der Waals surface area contributed by atoms with E-state index in [1.54, 1.807) is 35.6 Å². The van der Waals surface area contributed by atoms with Gasteiger partial charge >= 0.3 is 0 Å². The van der Waals surface area contributed by atoms with Crippen molar-refractivity contribution >= 4 is 46.3 Å². The Bertz CT molecular complexity index is 950. The molecule has 0 bridgehead atoms. The molecule has 0 aliphatic heterocycles. The van der Waals surface area contributed by atoms with Gasteiger partial charge in [0.05, 0.1) is 5.75 Å². The highest BCUT2D eigenvalue weighted by molar-refractivity contribution is 7.99. The number of thiophene rings is 1. The summed E-state index contributed by atoms with van der Waals surface area (Å²) in [6.07, 6.45) is 3.99. The number of anilines is 1. The van der Waals surface area contributed by atoms with Crippen molar-refractivity contribution in [1.29, 1.82) is 0 Å². The first-order valence-electron chi connectivity index (χ1n) is 8.90. The zero-order chi connectivity index (χ0) is 19.9. The zero-order valence-electron chi connectivity index (χ0n) is 15.5. The third-order valence-electron chi connectivity index (χ3n) is 3.90. The van der Waals surface area contributed by atoms with Gasteiger partial charge in [-0.1, -0.05) is 42.8 Å². The first-order chi connectivity index (χ1) is 13.6. The maximum atomic E-state index is 12.3. The molecule has 0 aliphatic carbocycles. The van der Waals surface area contributed by atoms with Crippen LogP contribution in [0.5, 0.6) is 0 Å². The van der Waals surface area contributed by atoms with E-state index in [9.17, 15) is 4.79 Å². The summed E-state index contributed by atoms with van der Waals surface area (Å²) in [7, 11) is 0. The van der Waals surface area contributed by atoms with Crippen LogP contribution < -0.4 is 5.32 Å². The van der Waals surface area contributed by atoms with Crippen molar-refractivity contribution in [2.24, 2.45) is 0 Å². The van der Waals surface area contributed by atoms with Crippen LogP contribution in [0.4, 0.5) is 5.69 Å². The fourth-order valence-electron chi connectivity index (χ4n) is 2.64. The molecule has 5 nitrogen and oxygen atoms in total. The van der Waals surface area contributed by atoms with E-state index in [0.29, 0.717) is 22.4 Å². The maximum absolute atomic E-state index is 12.3. The van der Waals surface area contributed by atoms with Crippen LogP contribution in [0.1, 0.15) is 18.2 Å². The number of nitrogens with zero attached hydrogens (tertiary/aromatic N) is 3. The van der Waals surface area contributed by atoms with Gasteiger partial charge in [-0.05, 0) is 36.8 Å². The normalized spacial score (nSPS) is 10.8. The molecular weight excluding hydrogens is 412 g/mol. The summed E-state index contributed by atoms with van der Waals surface area (Å²) in [5.41, 5.74) is 1.77. The second-order valence-corrected chi connectivity index (χ2v) is 8.48. The summed E-state index contributed by atoms with van der Waals surface area (Å²) in [6.45, 7) is 6.59. The van der Waals surface area contributed by atoms with Gasteiger partial charge < -0.3 is 5.32 Å². The quantitative estimate of drug-likeness (QED) is 0.356. The molecule has 0 atom stereocenters. The van der Waals surface area contributed by atoms with Crippen LogP contribution in [0.3, 0.4) is 0 Å². The fraction of sp³-hybridized carbons (Fsp3) is 0.250. The number of hydrogen-bond acceptors (Lipinski definition) is 5. The first kappa shape index (κ1) is 20.6. The molecule has 0 fully saturated rings. The average Bonchev–Trinajstić information content (AvgIpc) is 3.29. The SMILES string of the molecule is C=CCn1c(SCC(=O)Nc2ccc(Cl)cc2)nnc1-c1csc(CCC)c1. The van der Waals surface area contributed by atoms with Crippen LogP contribution in [0.25, 0.3) is 11.4 Å². The molecule has 0 saturated heterocycles. The summed E-state index contributed by atoms with van der Waals surface area (Å²) in [5.74, 6) is 0.935. The number of halogens is 1. The van der Waals surface area contributed by atoms with E-state index in [-0.39, 0.29) is 11.7 Å². The van der Waals surface area contributed by atoms with Crippen molar-refractivity contribution in [3.8, 4) is 11.4 Å². The van der Waals surface area contributed by atoms with E-state index in [2.05, 4.69) is 40.5 Å². The van der Waals surface area contributed by atoms with Crippen LogP contribution in [0.2, 0.25) is 5.02 Å². The van der Waals surface area contributed by atoms with Gasteiger partial charge in [0, 0.05) is 33.1 Å². The predicted molar refractivity (Wildman–Crippen MR) is 118 cm³/mol. The zero-order valence-corrected chi connectivity index (χ0v) is 17.9. The highest BCUT2D eigenvalue weighted by Gasteiger charge is 2.16. The van der Waals surface area contributed by atoms with Gasteiger partial charge in [0.15, 0.2) is 11.0 Å². The average molecular weight is 433 g/mol. The number of benzene rings is 1. The van der Waals surface area contributed by atoms with Crippen LogP contribution in [0.15, 0.2) is 53.5 Å². The number of thioether (sulfide) groups is 1. The number of carbonyl (C=O) groups is 1. The molecule has 1 aromatic carbocycles. The Balaban J connectivity index is 1.69. The number of amides is 1. The van der Waals surface area contributed by atoms with Crippen molar-refractivity contribution in [2.75, 3.05) is 11.1 Å². The van der Waals surface area contributed by atoms with E-state index >= 15 is 0 Å². The summed E-state index contributed by atoms with van der Waals surface area (Å²) >= 11 is 8.96. The molecule has 2 heterocycles. The Morgan fingerprint density at radius 3 is 2.86 bits per heavy atom. The molecule has 146 valence electrons. The van der Waals surface area contributed by atoms with Gasteiger partial charge in [0.1, 0.15) is 0 Å². The molecule has 8 heteroatoms. The second-order valence-electron chi connectivity index (χ2n) is 6.10. The summed E-state index contributed by atoms with van der Waals surface area (Å²) in [4.78, 5) is 13.6. The molecule has 1 N–H and O–H groups in total. The van der Waals surface area contributed by atoms with Crippen molar-refractivity contribution in [2.45, 2.75) is 31.5 Å². The lowest BCUT2D eigenvalue weighted by Gasteiger charge is -2.07. The van der Waals surface area contributed by atoms with E-state index in [1.165, 1.54) is 16.6 Å². The lowest BCUT2D eigenvalue weighted by atomic mass is 10.2. The van der Waals surface area contributed by atoms with Gasteiger partial charge in [0.2, 0.25) is 5.91 Å².